The van der Waals surface area contributed by atoms with Gasteiger partial charge >= 0.3 is 0 Å². The quantitative estimate of drug-likeness (QED) is 0.614. The molecule has 2 rings (SSSR count). The summed E-state index contributed by atoms with van der Waals surface area (Å²) in [5, 5.41) is 0. The highest BCUT2D eigenvalue weighted by atomic mass is 14.6. The highest BCUT2D eigenvalue weighted by Crippen LogP contribution is 2.41. The molecule has 1 heteroatoms. The van der Waals surface area contributed by atoms with Crippen LogP contribution in [0.15, 0.2) is 0 Å². The number of rotatable bonds is 1. The molecule has 0 radical (unpaired) electrons. The van der Waals surface area contributed by atoms with Gasteiger partial charge in [-0.05, 0) is 43.6 Å². The molecule has 0 aromatic heterocycles. The molecule has 0 amide bonds. The third-order valence-electron chi connectivity index (χ3n) is 3.56. The van der Waals surface area contributed by atoms with Gasteiger partial charge in [-0.1, -0.05) is 19.3 Å². The van der Waals surface area contributed by atoms with Crippen molar-refractivity contribution in [2.75, 3.05) is 6.54 Å². The fraction of sp³-hybridized carbons (Fsp3) is 1.00. The molecule has 2 bridgehead atoms. The second-order valence-electron chi connectivity index (χ2n) is 4.47. The Labute approximate surface area is 69.4 Å². The molecule has 1 unspecified atom stereocenters. The van der Waals surface area contributed by atoms with E-state index in [1.807, 2.05) is 0 Å². The maximum atomic E-state index is 5.71. The summed E-state index contributed by atoms with van der Waals surface area (Å²) >= 11 is 0. The molecule has 0 heterocycles. The van der Waals surface area contributed by atoms with Crippen molar-refractivity contribution < 1.29 is 0 Å². The summed E-state index contributed by atoms with van der Waals surface area (Å²) in [6.07, 6.45) is 8.88. The molecule has 2 fully saturated rings. The summed E-state index contributed by atoms with van der Waals surface area (Å²) in [5.41, 5.74) is 5.71. The first-order chi connectivity index (χ1) is 5.38. The van der Waals surface area contributed by atoms with Crippen molar-refractivity contribution >= 4 is 0 Å². The van der Waals surface area contributed by atoms with Crippen molar-refractivity contribution in [2.24, 2.45) is 23.5 Å². The molecule has 1 nitrogen and oxygen atoms in total. The van der Waals surface area contributed by atoms with Crippen LogP contribution in [0.1, 0.15) is 38.5 Å². The van der Waals surface area contributed by atoms with Gasteiger partial charge in [-0.15, -0.1) is 0 Å². The Morgan fingerprint density at radius 2 is 1.64 bits per heavy atom. The fourth-order valence-corrected chi connectivity index (χ4v) is 3.06. The van der Waals surface area contributed by atoms with E-state index in [1.165, 1.54) is 38.5 Å². The van der Waals surface area contributed by atoms with Crippen molar-refractivity contribution in [3.63, 3.8) is 0 Å². The molecule has 2 saturated carbocycles. The van der Waals surface area contributed by atoms with Crippen LogP contribution in [0.2, 0.25) is 0 Å². The predicted octanol–water partition coefficient (Wildman–Crippen LogP) is 2.16. The summed E-state index contributed by atoms with van der Waals surface area (Å²) in [6, 6.07) is 0. The lowest BCUT2D eigenvalue weighted by Crippen LogP contribution is -2.30. The van der Waals surface area contributed by atoms with Gasteiger partial charge in [-0.3, -0.25) is 0 Å². The Balaban J connectivity index is 1.94. The molecular weight excluding hydrogens is 134 g/mol. The molecular formula is C10H19N. The summed E-state index contributed by atoms with van der Waals surface area (Å²) in [7, 11) is 0. The van der Waals surface area contributed by atoms with Gasteiger partial charge in [0.1, 0.15) is 0 Å². The van der Waals surface area contributed by atoms with E-state index in [2.05, 4.69) is 0 Å². The maximum absolute atomic E-state index is 5.71. The number of hydrogen-bond acceptors (Lipinski definition) is 1. The zero-order valence-electron chi connectivity index (χ0n) is 7.26. The first kappa shape index (κ1) is 7.60. The van der Waals surface area contributed by atoms with Crippen molar-refractivity contribution in [1.82, 2.24) is 0 Å². The van der Waals surface area contributed by atoms with Gasteiger partial charge in [0.25, 0.3) is 0 Å². The number of fused-ring (bicyclic) bond motifs is 2. The van der Waals surface area contributed by atoms with Gasteiger partial charge in [0.05, 0.1) is 0 Å². The van der Waals surface area contributed by atoms with E-state index < -0.39 is 0 Å². The second kappa shape index (κ2) is 3.14. The van der Waals surface area contributed by atoms with Gasteiger partial charge in [-0.25, -0.2) is 0 Å². The Bertz CT molecular complexity index is 121. The van der Waals surface area contributed by atoms with Crippen LogP contribution >= 0.6 is 0 Å². The molecule has 0 aromatic carbocycles. The lowest BCUT2D eigenvalue weighted by molar-refractivity contribution is 0.141. The summed E-state index contributed by atoms with van der Waals surface area (Å²) in [6.45, 7) is 0.938. The molecule has 64 valence electrons. The van der Waals surface area contributed by atoms with Crippen LogP contribution in [0.3, 0.4) is 0 Å². The van der Waals surface area contributed by atoms with Crippen LogP contribution in [0.5, 0.6) is 0 Å². The standard InChI is InChI=1S/C10H19N/c11-7-10-5-8-2-1-3-9(4-8)6-10/h8-10H,1-7,11H2/t8-,9+,10?. The minimum Gasteiger partial charge on any atom is -0.330 e. The first-order valence-corrected chi connectivity index (χ1v) is 5.08. The molecule has 0 saturated heterocycles. The van der Waals surface area contributed by atoms with Crippen LogP contribution in [0, 0.1) is 17.8 Å². The normalized spacial score (nSPS) is 43.9. The van der Waals surface area contributed by atoms with Crippen LogP contribution in [0.4, 0.5) is 0 Å². The van der Waals surface area contributed by atoms with Crippen molar-refractivity contribution in [2.45, 2.75) is 38.5 Å². The lowest BCUT2D eigenvalue weighted by Gasteiger charge is -2.38. The van der Waals surface area contributed by atoms with Gasteiger partial charge in [-0.2, -0.15) is 0 Å². The van der Waals surface area contributed by atoms with E-state index in [1.54, 1.807) is 0 Å². The molecule has 11 heavy (non-hydrogen) atoms. The highest BCUT2D eigenvalue weighted by molar-refractivity contribution is 4.83. The van der Waals surface area contributed by atoms with Crippen LogP contribution in [-0.4, -0.2) is 6.54 Å². The lowest BCUT2D eigenvalue weighted by atomic mass is 9.68. The number of hydrogen-bond donors (Lipinski definition) is 1. The molecule has 0 spiro atoms. The summed E-state index contributed by atoms with van der Waals surface area (Å²) in [4.78, 5) is 0. The Morgan fingerprint density at radius 3 is 2.18 bits per heavy atom. The minimum atomic E-state index is 0.874. The largest absolute Gasteiger partial charge is 0.330 e. The fourth-order valence-electron chi connectivity index (χ4n) is 3.06. The molecule has 2 N–H and O–H groups in total. The van der Waals surface area contributed by atoms with Gasteiger partial charge < -0.3 is 5.73 Å². The third kappa shape index (κ3) is 1.58. The molecule has 0 aliphatic heterocycles. The summed E-state index contributed by atoms with van der Waals surface area (Å²) in [5.74, 6) is 2.98. The van der Waals surface area contributed by atoms with E-state index >= 15 is 0 Å². The van der Waals surface area contributed by atoms with Crippen molar-refractivity contribution in [1.29, 1.82) is 0 Å². The maximum Gasteiger partial charge on any atom is -0.00487 e. The SMILES string of the molecule is NCC1C[C@H]2CCC[C@@H](C1)C2. The molecule has 2 aliphatic rings. The monoisotopic (exact) mass is 153 g/mol. The van der Waals surface area contributed by atoms with Gasteiger partial charge in [0, 0.05) is 0 Å². The van der Waals surface area contributed by atoms with Crippen LogP contribution in [0.25, 0.3) is 0 Å². The van der Waals surface area contributed by atoms with Gasteiger partial charge in [0.2, 0.25) is 0 Å². The van der Waals surface area contributed by atoms with E-state index in [9.17, 15) is 0 Å². The zero-order valence-corrected chi connectivity index (χ0v) is 7.26. The Kier molecular flexibility index (Phi) is 2.17. The molecule has 2 aliphatic carbocycles. The first-order valence-electron chi connectivity index (χ1n) is 5.08. The molecule has 0 aromatic rings. The topological polar surface area (TPSA) is 26.0 Å². The number of nitrogens with two attached hydrogens (primary N) is 1. The highest BCUT2D eigenvalue weighted by Gasteiger charge is 2.30. The van der Waals surface area contributed by atoms with E-state index in [-0.39, 0.29) is 0 Å². The third-order valence-corrected chi connectivity index (χ3v) is 3.56. The Morgan fingerprint density at radius 1 is 1.00 bits per heavy atom. The van der Waals surface area contributed by atoms with Crippen LogP contribution in [-0.2, 0) is 0 Å². The van der Waals surface area contributed by atoms with Crippen molar-refractivity contribution in [3.8, 4) is 0 Å². The van der Waals surface area contributed by atoms with Gasteiger partial charge in [0.15, 0.2) is 0 Å². The second-order valence-corrected chi connectivity index (χ2v) is 4.47. The zero-order chi connectivity index (χ0) is 7.68. The average Bonchev–Trinajstić information content (AvgIpc) is 2.03. The predicted molar refractivity (Wildman–Crippen MR) is 47.2 cm³/mol. The molecule has 3 atom stereocenters. The van der Waals surface area contributed by atoms with Crippen LogP contribution < -0.4 is 5.73 Å². The van der Waals surface area contributed by atoms with Crippen molar-refractivity contribution in [3.05, 3.63) is 0 Å². The summed E-state index contributed by atoms with van der Waals surface area (Å²) < 4.78 is 0. The van der Waals surface area contributed by atoms with E-state index in [4.69, 9.17) is 5.73 Å². The minimum absolute atomic E-state index is 0.874. The Hall–Kier alpha value is -0.0400. The van der Waals surface area contributed by atoms with E-state index in [0.717, 1.165) is 24.3 Å². The average molecular weight is 153 g/mol. The van der Waals surface area contributed by atoms with E-state index in [0.29, 0.717) is 0 Å². The smallest absolute Gasteiger partial charge is 0.00487 e.